The highest BCUT2D eigenvalue weighted by Gasteiger charge is 2.31. The molecule has 0 radical (unpaired) electrons. The molecule has 0 aliphatic carbocycles. The van der Waals surface area contributed by atoms with Gasteiger partial charge >= 0.3 is 0 Å². The first-order chi connectivity index (χ1) is 17.3. The van der Waals surface area contributed by atoms with Crippen LogP contribution in [0.1, 0.15) is 24.4 Å². The van der Waals surface area contributed by atoms with Crippen molar-refractivity contribution in [1.29, 1.82) is 0 Å². The van der Waals surface area contributed by atoms with Crippen LogP contribution in [0.25, 0.3) is 10.9 Å². The van der Waals surface area contributed by atoms with Crippen LogP contribution in [0.2, 0.25) is 0 Å². The van der Waals surface area contributed by atoms with Gasteiger partial charge in [-0.25, -0.2) is 18.4 Å². The number of hydrogen-bond acceptors (Lipinski definition) is 6. The maximum Gasteiger partial charge on any atom is 0.243 e. The largest absolute Gasteiger partial charge is 0.339 e. The Bertz CT molecular complexity index is 1490. The number of aromatic nitrogens is 2. The zero-order valence-corrected chi connectivity index (χ0v) is 22.6. The van der Waals surface area contributed by atoms with Crippen molar-refractivity contribution >= 4 is 48.4 Å². The van der Waals surface area contributed by atoms with Crippen molar-refractivity contribution in [2.75, 3.05) is 31.5 Å². The molecule has 0 spiro atoms. The Morgan fingerprint density at radius 2 is 1.56 bits per heavy atom. The van der Waals surface area contributed by atoms with Crippen LogP contribution in [0.15, 0.2) is 82.2 Å². The van der Waals surface area contributed by atoms with Crippen LogP contribution >= 0.6 is 15.9 Å². The molecule has 1 aliphatic heterocycles. The Hall–Kier alpha value is -2.85. The molecular weight excluding hydrogens is 538 g/mol. The molecule has 1 saturated heterocycles. The molecule has 0 bridgehead atoms. The van der Waals surface area contributed by atoms with Crippen molar-refractivity contribution < 1.29 is 8.42 Å². The molecule has 0 unspecified atom stereocenters. The van der Waals surface area contributed by atoms with Crippen LogP contribution in [-0.2, 0) is 10.0 Å². The van der Waals surface area contributed by atoms with Crippen LogP contribution in [0.3, 0.4) is 0 Å². The third kappa shape index (κ3) is 5.01. The first-order valence-electron chi connectivity index (χ1n) is 11.9. The number of sulfonamides is 1. The van der Waals surface area contributed by atoms with E-state index in [1.54, 1.807) is 28.6 Å². The van der Waals surface area contributed by atoms with Gasteiger partial charge in [-0.05, 0) is 61.9 Å². The van der Waals surface area contributed by atoms with Gasteiger partial charge in [0.25, 0.3) is 0 Å². The smallest absolute Gasteiger partial charge is 0.243 e. The second-order valence-electron chi connectivity index (χ2n) is 8.96. The number of benzene rings is 3. The van der Waals surface area contributed by atoms with E-state index in [9.17, 15) is 8.42 Å². The van der Waals surface area contributed by atoms with Crippen molar-refractivity contribution in [2.45, 2.75) is 24.8 Å². The molecule has 7 nitrogen and oxygen atoms in total. The predicted molar refractivity (Wildman–Crippen MR) is 147 cm³/mol. The fraction of sp³-hybridized carbons (Fsp3) is 0.259. The Morgan fingerprint density at radius 1 is 0.889 bits per heavy atom. The summed E-state index contributed by atoms with van der Waals surface area (Å²) in [5.41, 5.74) is 3.02. The molecule has 1 aliphatic rings. The van der Waals surface area contributed by atoms with Gasteiger partial charge in [0.1, 0.15) is 11.6 Å². The molecular formula is C27H28BrN5O2S. The summed E-state index contributed by atoms with van der Waals surface area (Å²) in [4.78, 5) is 12.4. The van der Waals surface area contributed by atoms with Crippen molar-refractivity contribution in [2.24, 2.45) is 0 Å². The maximum atomic E-state index is 13.1. The van der Waals surface area contributed by atoms with E-state index < -0.39 is 10.0 Å². The second-order valence-corrected chi connectivity index (χ2v) is 11.8. The molecule has 9 heteroatoms. The summed E-state index contributed by atoms with van der Waals surface area (Å²) in [5, 5.41) is 4.46. The summed E-state index contributed by atoms with van der Waals surface area (Å²) in [6.07, 6.45) is 0. The first-order valence-corrected chi connectivity index (χ1v) is 14.2. The van der Waals surface area contributed by atoms with Crippen LogP contribution < -0.4 is 5.32 Å². The average molecular weight is 567 g/mol. The lowest BCUT2D eigenvalue weighted by molar-refractivity contribution is 0.141. The summed E-state index contributed by atoms with van der Waals surface area (Å²) in [6.45, 7) is 6.20. The summed E-state index contributed by atoms with van der Waals surface area (Å²) >= 11 is 3.36. The Kier molecular flexibility index (Phi) is 7.07. The van der Waals surface area contributed by atoms with Crippen LogP contribution in [0, 0.1) is 6.92 Å². The molecule has 1 atom stereocenters. The SMILES string of the molecule is Cc1ccccc1Nc1nc([C@H](C)N2CCN(S(=O)(=O)c3ccc(Br)cc3)CC2)nc2ccccc12. The van der Waals surface area contributed by atoms with Crippen LogP contribution in [0.4, 0.5) is 11.5 Å². The fourth-order valence-electron chi connectivity index (χ4n) is 4.47. The van der Waals surface area contributed by atoms with E-state index in [1.807, 2.05) is 42.5 Å². The minimum atomic E-state index is -3.52. The normalized spacial score (nSPS) is 16.2. The Balaban J connectivity index is 1.37. The van der Waals surface area contributed by atoms with Gasteiger partial charge in [0.15, 0.2) is 0 Å². The van der Waals surface area contributed by atoms with Gasteiger partial charge in [-0.1, -0.05) is 46.3 Å². The van der Waals surface area contributed by atoms with Gasteiger partial charge in [0, 0.05) is 41.7 Å². The lowest BCUT2D eigenvalue weighted by atomic mass is 10.1. The standard InChI is InChI=1S/C27H28BrN5O2S/c1-19-7-3-5-9-24(19)29-27-23-8-4-6-10-25(23)30-26(31-27)20(2)32-15-17-33(18-16-32)36(34,35)22-13-11-21(28)12-14-22/h3-14,20H,15-18H2,1-2H3,(H,29,30,31)/t20-/m0/s1. The molecule has 0 amide bonds. The highest BCUT2D eigenvalue weighted by molar-refractivity contribution is 9.10. The number of hydrogen-bond donors (Lipinski definition) is 1. The van der Waals surface area contributed by atoms with Gasteiger partial charge < -0.3 is 5.32 Å². The number of nitrogens with one attached hydrogen (secondary N) is 1. The quantitative estimate of drug-likeness (QED) is 0.332. The van der Waals surface area contributed by atoms with E-state index >= 15 is 0 Å². The number of halogens is 1. The number of para-hydroxylation sites is 2. The molecule has 1 aromatic heterocycles. The molecule has 5 rings (SSSR count). The minimum absolute atomic E-state index is 0.0652. The third-order valence-corrected chi connectivity index (χ3v) is 9.11. The topological polar surface area (TPSA) is 78.4 Å². The second kappa shape index (κ2) is 10.3. The first kappa shape index (κ1) is 24.8. The lowest BCUT2D eigenvalue weighted by Gasteiger charge is -2.36. The third-order valence-electron chi connectivity index (χ3n) is 6.66. The van der Waals surface area contributed by atoms with Gasteiger partial charge in [-0.3, -0.25) is 4.90 Å². The van der Waals surface area contributed by atoms with Gasteiger partial charge in [0.05, 0.1) is 16.5 Å². The van der Waals surface area contributed by atoms with Crippen molar-refractivity contribution in [3.05, 3.63) is 88.7 Å². The number of aryl methyl sites for hydroxylation is 1. The molecule has 2 heterocycles. The molecule has 0 saturated carbocycles. The van der Waals surface area contributed by atoms with E-state index in [4.69, 9.17) is 9.97 Å². The molecule has 36 heavy (non-hydrogen) atoms. The Morgan fingerprint density at radius 3 is 2.28 bits per heavy atom. The average Bonchev–Trinajstić information content (AvgIpc) is 2.90. The number of anilines is 2. The van der Waals surface area contributed by atoms with E-state index in [2.05, 4.69) is 46.1 Å². The van der Waals surface area contributed by atoms with Crippen LogP contribution in [0.5, 0.6) is 0 Å². The molecule has 1 N–H and O–H groups in total. The van der Waals surface area contributed by atoms with Crippen molar-refractivity contribution in [3.63, 3.8) is 0 Å². The van der Waals surface area contributed by atoms with Crippen molar-refractivity contribution in [3.8, 4) is 0 Å². The number of rotatable bonds is 6. The summed E-state index contributed by atoms with van der Waals surface area (Å²) < 4.78 is 28.6. The van der Waals surface area contributed by atoms with Gasteiger partial charge in [0.2, 0.25) is 10.0 Å². The van der Waals surface area contributed by atoms with Crippen LogP contribution in [-0.4, -0.2) is 53.8 Å². The fourth-order valence-corrected chi connectivity index (χ4v) is 6.15. The number of fused-ring (bicyclic) bond motifs is 1. The maximum absolute atomic E-state index is 13.1. The number of nitrogens with zero attached hydrogens (tertiary/aromatic N) is 4. The van der Waals surface area contributed by atoms with Gasteiger partial charge in [-0.15, -0.1) is 0 Å². The summed E-state index contributed by atoms with van der Waals surface area (Å²) in [5.74, 6) is 1.49. The van der Waals surface area contributed by atoms with E-state index in [0.717, 1.165) is 32.4 Å². The van der Waals surface area contributed by atoms with E-state index in [0.29, 0.717) is 36.9 Å². The predicted octanol–water partition coefficient (Wildman–Crippen LogP) is 5.51. The number of piperazine rings is 1. The molecule has 3 aromatic carbocycles. The zero-order valence-electron chi connectivity index (χ0n) is 20.2. The Labute approximate surface area is 220 Å². The zero-order chi connectivity index (χ0) is 25.3. The van der Waals surface area contributed by atoms with E-state index in [1.165, 1.54) is 0 Å². The van der Waals surface area contributed by atoms with Gasteiger partial charge in [-0.2, -0.15) is 4.31 Å². The monoisotopic (exact) mass is 565 g/mol. The summed E-state index contributed by atoms with van der Waals surface area (Å²) in [7, 11) is -3.52. The highest BCUT2D eigenvalue weighted by atomic mass is 79.9. The molecule has 4 aromatic rings. The molecule has 186 valence electrons. The van der Waals surface area contributed by atoms with Crippen molar-refractivity contribution in [1.82, 2.24) is 19.2 Å². The lowest BCUT2D eigenvalue weighted by Crippen LogP contribution is -2.49. The minimum Gasteiger partial charge on any atom is -0.339 e. The van der Waals surface area contributed by atoms with E-state index in [-0.39, 0.29) is 6.04 Å². The summed E-state index contributed by atoms with van der Waals surface area (Å²) in [6, 6.07) is 22.8. The molecule has 1 fully saturated rings. The highest BCUT2D eigenvalue weighted by Crippen LogP contribution is 2.29.